The molecule has 0 spiro atoms. The van der Waals surface area contributed by atoms with Gasteiger partial charge < -0.3 is 15.0 Å². The summed E-state index contributed by atoms with van der Waals surface area (Å²) < 4.78 is 4.95. The van der Waals surface area contributed by atoms with Crippen molar-refractivity contribution in [1.29, 1.82) is 0 Å². The number of piperidine rings is 1. The molecule has 0 amide bonds. The van der Waals surface area contributed by atoms with Gasteiger partial charge in [0.15, 0.2) is 5.96 Å². The standard InChI is InChI=1S/C20H32N4O2S.HI/c1-15-11-24(14-18(15)19(25)26-3)20(21-2)22-10-16-6-4-8-23(12-16)13-17-7-5-9-27-17;/h5,7,9,15-16,18H,4,6,8,10-14H2,1-3H3,(H,21,22);1H. The Hall–Kier alpha value is -0.870. The molecule has 2 saturated heterocycles. The Balaban J connectivity index is 0.00000280. The molecule has 28 heavy (non-hydrogen) atoms. The molecule has 0 saturated carbocycles. The molecule has 3 atom stereocenters. The van der Waals surface area contributed by atoms with Crippen LogP contribution in [0.5, 0.6) is 0 Å². The van der Waals surface area contributed by atoms with Gasteiger partial charge in [0.1, 0.15) is 0 Å². The first kappa shape index (κ1) is 23.4. The summed E-state index contributed by atoms with van der Waals surface area (Å²) in [5.74, 6) is 1.64. The number of carbonyl (C=O) groups excluding carboxylic acids is 1. The zero-order valence-corrected chi connectivity index (χ0v) is 20.2. The predicted molar refractivity (Wildman–Crippen MR) is 125 cm³/mol. The molecular formula is C20H33IN4O2S. The third-order valence-corrected chi connectivity index (χ3v) is 6.60. The highest BCUT2D eigenvalue weighted by molar-refractivity contribution is 14.0. The number of halogens is 1. The van der Waals surface area contributed by atoms with Gasteiger partial charge in [0.05, 0.1) is 13.0 Å². The largest absolute Gasteiger partial charge is 0.469 e. The lowest BCUT2D eigenvalue weighted by Crippen LogP contribution is -2.45. The Labute approximate surface area is 189 Å². The number of nitrogens with zero attached hydrogens (tertiary/aromatic N) is 3. The van der Waals surface area contributed by atoms with Gasteiger partial charge in [-0.25, -0.2) is 0 Å². The van der Waals surface area contributed by atoms with Crippen molar-refractivity contribution >= 4 is 47.2 Å². The Bertz CT molecular complexity index is 640. The predicted octanol–water partition coefficient (Wildman–Crippen LogP) is 2.89. The third-order valence-electron chi connectivity index (χ3n) is 5.74. The minimum absolute atomic E-state index is 0. The summed E-state index contributed by atoms with van der Waals surface area (Å²) in [4.78, 5) is 22.6. The van der Waals surface area contributed by atoms with Crippen molar-refractivity contribution in [2.45, 2.75) is 26.3 Å². The van der Waals surface area contributed by atoms with Crippen LogP contribution in [0.2, 0.25) is 0 Å². The average Bonchev–Trinajstić information content (AvgIpc) is 3.32. The van der Waals surface area contributed by atoms with Crippen LogP contribution < -0.4 is 5.32 Å². The lowest BCUT2D eigenvalue weighted by molar-refractivity contribution is -0.145. The Morgan fingerprint density at radius 2 is 2.21 bits per heavy atom. The highest BCUT2D eigenvalue weighted by Crippen LogP contribution is 2.24. The number of guanidine groups is 1. The molecule has 1 aromatic rings. The van der Waals surface area contributed by atoms with Crippen molar-refractivity contribution in [3.8, 4) is 0 Å². The summed E-state index contributed by atoms with van der Waals surface area (Å²) in [7, 11) is 3.29. The molecular weight excluding hydrogens is 487 g/mol. The smallest absolute Gasteiger partial charge is 0.310 e. The second-order valence-corrected chi connectivity index (χ2v) is 8.80. The number of aliphatic imine (C=N–C) groups is 1. The van der Waals surface area contributed by atoms with Gasteiger partial charge in [-0.05, 0) is 42.7 Å². The first-order valence-corrected chi connectivity index (χ1v) is 10.8. The van der Waals surface area contributed by atoms with Crippen LogP contribution in [0.3, 0.4) is 0 Å². The molecule has 6 nitrogen and oxygen atoms in total. The number of rotatable bonds is 5. The van der Waals surface area contributed by atoms with Crippen LogP contribution in [-0.2, 0) is 16.1 Å². The normalized spacial score (nSPS) is 26.0. The van der Waals surface area contributed by atoms with E-state index < -0.39 is 0 Å². The summed E-state index contributed by atoms with van der Waals surface area (Å²) in [6.07, 6.45) is 2.51. The number of hydrogen-bond acceptors (Lipinski definition) is 5. The highest BCUT2D eigenvalue weighted by Gasteiger charge is 2.37. The zero-order chi connectivity index (χ0) is 19.2. The molecule has 2 aliphatic rings. The van der Waals surface area contributed by atoms with Gasteiger partial charge in [-0.15, -0.1) is 35.3 Å². The summed E-state index contributed by atoms with van der Waals surface area (Å²) in [5, 5.41) is 5.71. The van der Waals surface area contributed by atoms with Crippen LogP contribution in [-0.4, -0.2) is 68.6 Å². The Morgan fingerprint density at radius 3 is 2.89 bits per heavy atom. The molecule has 0 aromatic carbocycles. The minimum Gasteiger partial charge on any atom is -0.469 e. The van der Waals surface area contributed by atoms with Crippen LogP contribution in [0.25, 0.3) is 0 Å². The quantitative estimate of drug-likeness (QED) is 0.280. The molecule has 8 heteroatoms. The number of carbonyl (C=O) groups is 1. The van der Waals surface area contributed by atoms with Crippen molar-refractivity contribution in [3.63, 3.8) is 0 Å². The maximum atomic E-state index is 11.9. The number of nitrogens with one attached hydrogen (secondary N) is 1. The van der Waals surface area contributed by atoms with Gasteiger partial charge in [-0.1, -0.05) is 13.0 Å². The second-order valence-electron chi connectivity index (χ2n) is 7.76. The highest BCUT2D eigenvalue weighted by atomic mass is 127. The van der Waals surface area contributed by atoms with E-state index in [1.165, 1.54) is 31.4 Å². The molecule has 2 fully saturated rings. The van der Waals surface area contributed by atoms with Gasteiger partial charge in [0.25, 0.3) is 0 Å². The maximum absolute atomic E-state index is 11.9. The van der Waals surface area contributed by atoms with Crippen LogP contribution in [0.15, 0.2) is 22.5 Å². The summed E-state index contributed by atoms with van der Waals surface area (Å²) in [6, 6.07) is 4.35. The molecule has 3 unspecified atom stereocenters. The molecule has 3 rings (SSSR count). The van der Waals surface area contributed by atoms with E-state index in [1.54, 1.807) is 0 Å². The topological polar surface area (TPSA) is 57.2 Å². The van der Waals surface area contributed by atoms with Crippen LogP contribution in [0.1, 0.15) is 24.6 Å². The number of esters is 1. The van der Waals surface area contributed by atoms with E-state index in [1.807, 2.05) is 18.4 Å². The minimum atomic E-state index is -0.114. The van der Waals surface area contributed by atoms with E-state index in [2.05, 4.69) is 44.5 Å². The van der Waals surface area contributed by atoms with E-state index >= 15 is 0 Å². The van der Waals surface area contributed by atoms with Gasteiger partial charge in [0.2, 0.25) is 0 Å². The monoisotopic (exact) mass is 520 g/mol. The van der Waals surface area contributed by atoms with E-state index in [9.17, 15) is 4.79 Å². The first-order chi connectivity index (χ1) is 13.1. The van der Waals surface area contributed by atoms with Gasteiger partial charge in [-0.2, -0.15) is 0 Å². The third kappa shape index (κ3) is 6.06. The lowest BCUT2D eigenvalue weighted by atomic mass is 9.98. The number of ether oxygens (including phenoxy) is 1. The fourth-order valence-electron chi connectivity index (χ4n) is 4.25. The molecule has 2 aliphatic heterocycles. The molecule has 1 aromatic heterocycles. The average molecular weight is 520 g/mol. The summed E-state index contributed by atoms with van der Waals surface area (Å²) >= 11 is 1.84. The van der Waals surface area contributed by atoms with E-state index in [-0.39, 0.29) is 41.8 Å². The second kappa shape index (κ2) is 11.3. The number of methoxy groups -OCH3 is 1. The van der Waals surface area contributed by atoms with E-state index in [0.717, 1.165) is 32.1 Å². The van der Waals surface area contributed by atoms with E-state index in [4.69, 9.17) is 4.74 Å². The first-order valence-electron chi connectivity index (χ1n) is 9.88. The number of thiophene rings is 1. The lowest BCUT2D eigenvalue weighted by Gasteiger charge is -2.33. The number of hydrogen-bond donors (Lipinski definition) is 1. The van der Waals surface area contributed by atoms with Crippen molar-refractivity contribution in [2.75, 3.05) is 46.9 Å². The zero-order valence-electron chi connectivity index (χ0n) is 17.1. The molecule has 1 N–H and O–H groups in total. The summed E-state index contributed by atoms with van der Waals surface area (Å²) in [5.41, 5.74) is 0. The van der Waals surface area contributed by atoms with Crippen molar-refractivity contribution < 1.29 is 9.53 Å². The van der Waals surface area contributed by atoms with Crippen LogP contribution >= 0.6 is 35.3 Å². The fraction of sp³-hybridized carbons (Fsp3) is 0.700. The molecule has 0 aliphatic carbocycles. The molecule has 158 valence electrons. The van der Waals surface area contributed by atoms with Crippen molar-refractivity contribution in [3.05, 3.63) is 22.4 Å². The van der Waals surface area contributed by atoms with Gasteiger partial charge >= 0.3 is 5.97 Å². The number of likely N-dealkylation sites (tertiary alicyclic amines) is 2. The molecule has 3 heterocycles. The van der Waals surface area contributed by atoms with Crippen LogP contribution in [0, 0.1) is 17.8 Å². The van der Waals surface area contributed by atoms with Crippen LogP contribution in [0.4, 0.5) is 0 Å². The van der Waals surface area contributed by atoms with E-state index in [0.29, 0.717) is 12.5 Å². The SMILES string of the molecule is CN=C(NCC1CCCN(Cc2cccs2)C1)N1CC(C)C(C(=O)OC)C1.I. The summed E-state index contributed by atoms with van der Waals surface area (Å²) in [6.45, 7) is 7.95. The Kier molecular flexibility index (Phi) is 9.49. The van der Waals surface area contributed by atoms with Crippen molar-refractivity contribution in [2.24, 2.45) is 22.7 Å². The van der Waals surface area contributed by atoms with Gasteiger partial charge in [-0.3, -0.25) is 14.7 Å². The molecule has 0 radical (unpaired) electrons. The van der Waals surface area contributed by atoms with Crippen molar-refractivity contribution in [1.82, 2.24) is 15.1 Å². The fourth-order valence-corrected chi connectivity index (χ4v) is 5.00. The molecule has 0 bridgehead atoms. The van der Waals surface area contributed by atoms with Gasteiger partial charge in [0, 0.05) is 44.6 Å². The Morgan fingerprint density at radius 1 is 1.39 bits per heavy atom. The maximum Gasteiger partial charge on any atom is 0.310 e.